The van der Waals surface area contributed by atoms with Gasteiger partial charge < -0.3 is 4.74 Å². The summed E-state index contributed by atoms with van der Waals surface area (Å²) < 4.78 is 6.23. The molecule has 0 atom stereocenters. The Balaban J connectivity index is 1.99. The summed E-state index contributed by atoms with van der Waals surface area (Å²) in [6.45, 7) is 0. The number of hydrogen-bond donors (Lipinski definition) is 1. The van der Waals surface area contributed by atoms with E-state index in [2.05, 4.69) is 25.3 Å². The molecule has 120 valence electrons. The first-order valence-electron chi connectivity index (χ1n) is 7.20. The number of hydrogen-bond acceptors (Lipinski definition) is 5. The molecule has 0 aliphatic rings. The number of pyridine rings is 1. The second-order valence-corrected chi connectivity index (χ2v) is 4.82. The van der Waals surface area contributed by atoms with Crippen molar-refractivity contribution in [3.05, 3.63) is 66.6 Å². The number of amides is 1. The van der Waals surface area contributed by atoms with Crippen LogP contribution in [-0.4, -0.2) is 34.2 Å². The number of para-hydroxylation sites is 1. The van der Waals surface area contributed by atoms with Crippen LogP contribution in [0.25, 0.3) is 16.9 Å². The lowest BCUT2D eigenvalue weighted by atomic mass is 10.1. The summed E-state index contributed by atoms with van der Waals surface area (Å²) in [5.41, 5.74) is 5.49. The van der Waals surface area contributed by atoms with Crippen LogP contribution in [0.4, 0.5) is 4.79 Å². The van der Waals surface area contributed by atoms with Crippen LogP contribution >= 0.6 is 0 Å². The van der Waals surface area contributed by atoms with Crippen molar-refractivity contribution in [3.63, 3.8) is 0 Å². The fourth-order valence-corrected chi connectivity index (χ4v) is 2.12. The van der Waals surface area contributed by atoms with Gasteiger partial charge in [0, 0.05) is 29.7 Å². The number of methoxy groups -OCH3 is 1. The quantitative estimate of drug-likeness (QED) is 0.591. The average Bonchev–Trinajstić information content (AvgIpc) is 3.07. The maximum Gasteiger partial charge on any atom is 0.427 e. The number of nitrogens with zero attached hydrogens (tertiary/aromatic N) is 4. The molecule has 0 fully saturated rings. The van der Waals surface area contributed by atoms with Crippen LogP contribution in [0, 0.1) is 0 Å². The molecule has 0 spiro atoms. The highest BCUT2D eigenvalue weighted by Crippen LogP contribution is 2.21. The molecule has 0 saturated carbocycles. The van der Waals surface area contributed by atoms with E-state index in [1.165, 1.54) is 13.3 Å². The van der Waals surface area contributed by atoms with Crippen LogP contribution in [-0.2, 0) is 4.74 Å². The molecule has 7 nitrogen and oxygen atoms in total. The largest absolute Gasteiger partial charge is 0.452 e. The second kappa shape index (κ2) is 7.19. The molecular formula is C17H15N5O2. The van der Waals surface area contributed by atoms with Crippen molar-refractivity contribution >= 4 is 12.3 Å². The Hall–Kier alpha value is -3.48. The molecule has 1 N–H and O–H groups in total. The number of carbonyl (C=O) groups excluding carboxylic acids is 1. The van der Waals surface area contributed by atoms with E-state index in [1.807, 2.05) is 48.7 Å². The third-order valence-electron chi connectivity index (χ3n) is 3.24. The summed E-state index contributed by atoms with van der Waals surface area (Å²) in [6.07, 6.45) is 6.14. The van der Waals surface area contributed by atoms with E-state index < -0.39 is 6.09 Å². The van der Waals surface area contributed by atoms with Crippen molar-refractivity contribution in [3.8, 4) is 16.9 Å². The predicted molar refractivity (Wildman–Crippen MR) is 89.9 cm³/mol. The Labute approximate surface area is 138 Å². The first-order valence-corrected chi connectivity index (χ1v) is 7.20. The molecule has 3 rings (SSSR count). The van der Waals surface area contributed by atoms with Gasteiger partial charge in [-0.2, -0.15) is 10.2 Å². The van der Waals surface area contributed by atoms with Gasteiger partial charge in [-0.05, 0) is 24.3 Å². The number of hydrazone groups is 1. The van der Waals surface area contributed by atoms with Crippen molar-refractivity contribution < 1.29 is 9.53 Å². The molecule has 2 aromatic heterocycles. The fourth-order valence-electron chi connectivity index (χ4n) is 2.12. The SMILES string of the molecule is COC(=O)N/N=C\c1cn(-c2ccccc2)nc1-c1cccnc1. The van der Waals surface area contributed by atoms with Gasteiger partial charge in [-0.15, -0.1) is 0 Å². The number of carbonyl (C=O) groups is 1. The highest BCUT2D eigenvalue weighted by molar-refractivity contribution is 5.89. The average molecular weight is 321 g/mol. The Bertz CT molecular complexity index is 844. The normalized spacial score (nSPS) is 10.7. The maximum atomic E-state index is 11.1. The Morgan fingerprint density at radius 3 is 2.79 bits per heavy atom. The molecule has 1 amide bonds. The first-order chi connectivity index (χ1) is 11.8. The summed E-state index contributed by atoms with van der Waals surface area (Å²) in [6, 6.07) is 13.5. The van der Waals surface area contributed by atoms with Crippen LogP contribution < -0.4 is 5.43 Å². The van der Waals surface area contributed by atoms with Gasteiger partial charge >= 0.3 is 6.09 Å². The fraction of sp³-hybridized carbons (Fsp3) is 0.0588. The van der Waals surface area contributed by atoms with Gasteiger partial charge in [0.1, 0.15) is 5.69 Å². The Kier molecular flexibility index (Phi) is 4.62. The molecule has 3 aromatic rings. The number of ether oxygens (including phenoxy) is 1. The zero-order chi connectivity index (χ0) is 16.8. The standard InChI is InChI=1S/C17H15N5O2/c1-24-17(23)20-19-11-14-12-22(15-7-3-2-4-8-15)21-16(14)13-6-5-9-18-10-13/h2-12H,1H3,(H,20,23)/b19-11-. The van der Waals surface area contributed by atoms with Gasteiger partial charge in [0.05, 0.1) is 19.0 Å². The van der Waals surface area contributed by atoms with Crippen molar-refractivity contribution in [2.24, 2.45) is 5.10 Å². The third-order valence-corrected chi connectivity index (χ3v) is 3.24. The van der Waals surface area contributed by atoms with Crippen molar-refractivity contribution in [2.45, 2.75) is 0 Å². The Morgan fingerprint density at radius 1 is 1.25 bits per heavy atom. The smallest absolute Gasteiger partial charge is 0.427 e. The van der Waals surface area contributed by atoms with Crippen LogP contribution in [0.1, 0.15) is 5.56 Å². The zero-order valence-electron chi connectivity index (χ0n) is 13.0. The van der Waals surface area contributed by atoms with E-state index in [-0.39, 0.29) is 0 Å². The Morgan fingerprint density at radius 2 is 2.08 bits per heavy atom. The van der Waals surface area contributed by atoms with E-state index in [1.54, 1.807) is 17.1 Å². The molecular weight excluding hydrogens is 306 g/mol. The summed E-state index contributed by atoms with van der Waals surface area (Å²) >= 11 is 0. The number of rotatable bonds is 4. The van der Waals surface area contributed by atoms with Gasteiger partial charge in [-0.1, -0.05) is 18.2 Å². The minimum Gasteiger partial charge on any atom is -0.452 e. The number of benzene rings is 1. The lowest BCUT2D eigenvalue weighted by molar-refractivity contribution is 0.171. The monoisotopic (exact) mass is 321 g/mol. The molecule has 0 unspecified atom stereocenters. The van der Waals surface area contributed by atoms with E-state index in [4.69, 9.17) is 0 Å². The van der Waals surface area contributed by atoms with Crippen molar-refractivity contribution in [1.29, 1.82) is 0 Å². The van der Waals surface area contributed by atoms with E-state index in [9.17, 15) is 4.79 Å². The lowest BCUT2D eigenvalue weighted by Gasteiger charge is -1.99. The van der Waals surface area contributed by atoms with E-state index >= 15 is 0 Å². The summed E-state index contributed by atoms with van der Waals surface area (Å²) in [4.78, 5) is 15.2. The third kappa shape index (κ3) is 3.46. The van der Waals surface area contributed by atoms with Gasteiger partial charge in [0.25, 0.3) is 0 Å². The molecule has 0 saturated heterocycles. The topological polar surface area (TPSA) is 81.4 Å². The molecule has 0 aliphatic heterocycles. The minimum atomic E-state index is -0.635. The lowest BCUT2D eigenvalue weighted by Crippen LogP contribution is -2.16. The van der Waals surface area contributed by atoms with E-state index in [0.29, 0.717) is 5.69 Å². The zero-order valence-corrected chi connectivity index (χ0v) is 13.0. The molecule has 0 radical (unpaired) electrons. The molecule has 24 heavy (non-hydrogen) atoms. The second-order valence-electron chi connectivity index (χ2n) is 4.82. The molecule has 0 bridgehead atoms. The summed E-state index contributed by atoms with van der Waals surface area (Å²) in [7, 11) is 1.28. The summed E-state index contributed by atoms with van der Waals surface area (Å²) in [5.74, 6) is 0. The van der Waals surface area contributed by atoms with Crippen molar-refractivity contribution in [1.82, 2.24) is 20.2 Å². The van der Waals surface area contributed by atoms with Crippen LogP contribution in [0.5, 0.6) is 0 Å². The highest BCUT2D eigenvalue weighted by Gasteiger charge is 2.11. The van der Waals surface area contributed by atoms with Crippen molar-refractivity contribution in [2.75, 3.05) is 7.11 Å². The minimum absolute atomic E-state index is 0.635. The van der Waals surface area contributed by atoms with Gasteiger partial charge in [-0.25, -0.2) is 14.9 Å². The van der Waals surface area contributed by atoms with Crippen LogP contribution in [0.2, 0.25) is 0 Å². The van der Waals surface area contributed by atoms with Gasteiger partial charge in [-0.3, -0.25) is 4.98 Å². The van der Waals surface area contributed by atoms with E-state index in [0.717, 1.165) is 16.8 Å². The van der Waals surface area contributed by atoms with Gasteiger partial charge in [0.2, 0.25) is 0 Å². The number of aromatic nitrogens is 3. The van der Waals surface area contributed by atoms with Crippen LogP contribution in [0.15, 0.2) is 66.2 Å². The molecule has 0 aliphatic carbocycles. The highest BCUT2D eigenvalue weighted by atomic mass is 16.5. The van der Waals surface area contributed by atoms with Gasteiger partial charge in [0.15, 0.2) is 0 Å². The molecule has 7 heteroatoms. The summed E-state index contributed by atoms with van der Waals surface area (Å²) in [5, 5.41) is 8.49. The number of nitrogens with one attached hydrogen (secondary N) is 1. The van der Waals surface area contributed by atoms with Crippen LogP contribution in [0.3, 0.4) is 0 Å². The maximum absolute atomic E-state index is 11.1. The first kappa shape index (κ1) is 15.4. The predicted octanol–water partition coefficient (Wildman–Crippen LogP) is 2.62. The molecule has 2 heterocycles. The molecule has 1 aromatic carbocycles.